The van der Waals surface area contributed by atoms with E-state index < -0.39 is 17.2 Å². The molecule has 23 heavy (non-hydrogen) atoms. The lowest BCUT2D eigenvalue weighted by Crippen LogP contribution is -2.45. The van der Waals surface area contributed by atoms with Gasteiger partial charge < -0.3 is 27.6 Å². The van der Waals surface area contributed by atoms with Crippen molar-refractivity contribution in [1.29, 1.82) is 0 Å². The van der Waals surface area contributed by atoms with Gasteiger partial charge in [0.25, 0.3) is 0 Å². The van der Waals surface area contributed by atoms with Crippen molar-refractivity contribution in [3.63, 3.8) is 0 Å². The first kappa shape index (κ1) is 19.9. The Kier molecular flexibility index (Phi) is 8.53. The predicted molar refractivity (Wildman–Crippen MR) is 84.4 cm³/mol. The average Bonchev–Trinajstić information content (AvgIpc) is 2.53. The molecule has 2 rings (SSSR count). The summed E-state index contributed by atoms with van der Waals surface area (Å²) in [5, 5.41) is 0. The third-order valence-corrected chi connectivity index (χ3v) is 5.47. The van der Waals surface area contributed by atoms with Gasteiger partial charge in [-0.2, -0.15) is 0 Å². The molecule has 2 aliphatic heterocycles. The Balaban J connectivity index is 1.69. The van der Waals surface area contributed by atoms with Crippen molar-refractivity contribution in [2.75, 3.05) is 39.6 Å². The van der Waals surface area contributed by atoms with Gasteiger partial charge in [0.1, 0.15) is 0 Å². The van der Waals surface area contributed by atoms with Crippen LogP contribution in [0.5, 0.6) is 0 Å². The summed E-state index contributed by atoms with van der Waals surface area (Å²) in [5.41, 5.74) is -0.311. The molecule has 2 atom stereocenters. The summed E-state index contributed by atoms with van der Waals surface area (Å²) in [7, 11) is -2.77. The van der Waals surface area contributed by atoms with E-state index in [1.165, 1.54) is 0 Å². The number of hydrogen-bond donors (Lipinski definition) is 0. The zero-order chi connectivity index (χ0) is 16.7. The summed E-state index contributed by atoms with van der Waals surface area (Å²) < 4.78 is 44.4. The lowest BCUT2D eigenvalue weighted by atomic mass is 9.93. The number of ether oxygens (including phenoxy) is 2. The Labute approximate surface area is 140 Å². The molecule has 0 bridgehead atoms. The molecule has 0 aliphatic carbocycles. The normalized spacial score (nSPS) is 34.4. The van der Waals surface area contributed by atoms with Crippen molar-refractivity contribution in [1.82, 2.24) is 0 Å². The van der Waals surface area contributed by atoms with Gasteiger partial charge in [0, 0.05) is 13.2 Å². The van der Waals surface area contributed by atoms with Crippen molar-refractivity contribution in [3.8, 4) is 0 Å². The average molecular weight is 372 g/mol. The Morgan fingerprint density at radius 1 is 0.783 bits per heavy atom. The molecule has 0 aromatic carbocycles. The highest BCUT2D eigenvalue weighted by atomic mass is 31.2. The van der Waals surface area contributed by atoms with Crippen LogP contribution in [-0.2, 0) is 36.6 Å². The Bertz CT molecular complexity index is 296. The van der Waals surface area contributed by atoms with Crippen LogP contribution in [0, 0.1) is 5.41 Å². The minimum Gasteiger partial charge on any atom is -0.353 e. The van der Waals surface area contributed by atoms with Crippen LogP contribution in [-0.4, -0.2) is 52.2 Å². The molecule has 0 amide bonds. The third kappa shape index (κ3) is 6.40. The fraction of sp³-hybridized carbons (Fsp3) is 1.00. The first-order chi connectivity index (χ1) is 11.1. The second kappa shape index (κ2) is 9.88. The van der Waals surface area contributed by atoms with E-state index in [9.17, 15) is 0 Å². The first-order valence-corrected chi connectivity index (χ1v) is 9.94. The predicted octanol–water partition coefficient (Wildman–Crippen LogP) is 3.32. The van der Waals surface area contributed by atoms with Crippen LogP contribution in [0.2, 0.25) is 0 Å². The quantitative estimate of drug-likeness (QED) is 0.475. The van der Waals surface area contributed by atoms with Gasteiger partial charge in [0.05, 0.1) is 31.8 Å². The topological polar surface area (TPSA) is 73.8 Å². The second-order valence-corrected chi connectivity index (χ2v) is 7.65. The number of hydrogen-bond acceptors (Lipinski definition) is 8. The van der Waals surface area contributed by atoms with E-state index in [0.717, 1.165) is 0 Å². The van der Waals surface area contributed by atoms with E-state index >= 15 is 0 Å². The van der Waals surface area contributed by atoms with Crippen molar-refractivity contribution in [2.24, 2.45) is 5.41 Å². The molecule has 0 aromatic rings. The van der Waals surface area contributed by atoms with Gasteiger partial charge in [0.15, 0.2) is 12.6 Å². The SMILES string of the molecule is CCOC(C)OP1OCC2(CO1)COP(OC(C)OCC)OC2. The Morgan fingerprint density at radius 3 is 1.43 bits per heavy atom. The molecule has 136 valence electrons. The van der Waals surface area contributed by atoms with Gasteiger partial charge in [-0.1, -0.05) is 0 Å². The van der Waals surface area contributed by atoms with Crippen LogP contribution in [0.1, 0.15) is 27.7 Å². The lowest BCUT2D eigenvalue weighted by Gasteiger charge is -2.42. The van der Waals surface area contributed by atoms with Gasteiger partial charge in [-0.3, -0.25) is 9.05 Å². The van der Waals surface area contributed by atoms with Gasteiger partial charge in [-0.25, -0.2) is 0 Å². The minimum absolute atomic E-state index is 0.311. The monoisotopic (exact) mass is 372 g/mol. The van der Waals surface area contributed by atoms with Crippen LogP contribution < -0.4 is 0 Å². The summed E-state index contributed by atoms with van der Waals surface area (Å²) in [6.07, 6.45) is -0.694. The Hall–Kier alpha value is 0.540. The molecule has 0 radical (unpaired) electrons. The van der Waals surface area contributed by atoms with Crippen LogP contribution in [0.4, 0.5) is 0 Å². The summed E-state index contributed by atoms with van der Waals surface area (Å²) in [6, 6.07) is 0. The summed E-state index contributed by atoms with van der Waals surface area (Å²) in [6.45, 7) is 10.5. The fourth-order valence-electron chi connectivity index (χ4n) is 1.98. The van der Waals surface area contributed by atoms with Crippen LogP contribution in [0.3, 0.4) is 0 Å². The van der Waals surface area contributed by atoms with Gasteiger partial charge in [-0.05, 0) is 27.7 Å². The van der Waals surface area contributed by atoms with E-state index in [0.29, 0.717) is 39.6 Å². The fourth-order valence-corrected chi connectivity index (χ4v) is 4.49. The summed E-state index contributed by atoms with van der Waals surface area (Å²) in [5.74, 6) is 0. The first-order valence-electron chi connectivity index (χ1n) is 7.75. The molecule has 0 saturated carbocycles. The molecule has 2 heterocycles. The molecule has 2 fully saturated rings. The third-order valence-electron chi connectivity index (χ3n) is 3.18. The van der Waals surface area contributed by atoms with Crippen LogP contribution in [0.15, 0.2) is 0 Å². The number of rotatable bonds is 8. The van der Waals surface area contributed by atoms with E-state index in [-0.39, 0.29) is 18.0 Å². The molecule has 0 aromatic heterocycles. The maximum absolute atomic E-state index is 5.67. The van der Waals surface area contributed by atoms with Crippen LogP contribution in [0.25, 0.3) is 0 Å². The van der Waals surface area contributed by atoms with E-state index in [1.54, 1.807) is 0 Å². The second-order valence-electron chi connectivity index (χ2n) is 5.30. The molecular weight excluding hydrogens is 346 g/mol. The molecular formula is C13H26O8P2. The molecule has 2 unspecified atom stereocenters. The molecule has 2 aliphatic rings. The van der Waals surface area contributed by atoms with Crippen molar-refractivity contribution >= 4 is 17.2 Å². The summed E-state index contributed by atoms with van der Waals surface area (Å²) in [4.78, 5) is 0. The maximum atomic E-state index is 5.67. The van der Waals surface area contributed by atoms with Gasteiger partial charge in [0.2, 0.25) is 0 Å². The van der Waals surface area contributed by atoms with Gasteiger partial charge >= 0.3 is 17.2 Å². The zero-order valence-corrected chi connectivity index (χ0v) is 15.8. The van der Waals surface area contributed by atoms with E-state index in [4.69, 9.17) is 36.6 Å². The largest absolute Gasteiger partial charge is 0.353 e. The van der Waals surface area contributed by atoms with Crippen molar-refractivity contribution in [2.45, 2.75) is 40.3 Å². The summed E-state index contributed by atoms with van der Waals surface area (Å²) >= 11 is 0. The highest BCUT2D eigenvalue weighted by molar-refractivity contribution is 7.42. The molecule has 1 spiro atoms. The van der Waals surface area contributed by atoms with Crippen molar-refractivity contribution in [3.05, 3.63) is 0 Å². The van der Waals surface area contributed by atoms with Gasteiger partial charge in [-0.15, -0.1) is 0 Å². The molecule has 2 saturated heterocycles. The minimum atomic E-state index is -1.39. The Morgan fingerprint density at radius 2 is 1.13 bits per heavy atom. The highest BCUT2D eigenvalue weighted by Gasteiger charge is 2.44. The van der Waals surface area contributed by atoms with Crippen LogP contribution >= 0.6 is 17.2 Å². The molecule has 10 heteroatoms. The standard InChI is InChI=1S/C13H26O8P2/c1-5-14-11(3)20-22-16-7-13(8-17-22)9-18-23(19-10-13)21-12(4)15-6-2/h11-12H,5-10H2,1-4H3. The highest BCUT2D eigenvalue weighted by Crippen LogP contribution is 2.53. The zero-order valence-electron chi connectivity index (χ0n) is 14.1. The van der Waals surface area contributed by atoms with Crippen molar-refractivity contribution < 1.29 is 36.6 Å². The lowest BCUT2D eigenvalue weighted by molar-refractivity contribution is -0.120. The van der Waals surface area contributed by atoms with E-state index in [1.807, 2.05) is 27.7 Å². The maximum Gasteiger partial charge on any atom is 0.335 e. The molecule has 0 N–H and O–H groups in total. The smallest absolute Gasteiger partial charge is 0.335 e. The molecule has 8 nitrogen and oxygen atoms in total. The van der Waals surface area contributed by atoms with E-state index in [2.05, 4.69) is 0 Å².